The quantitative estimate of drug-likeness (QED) is 0.276. The fourth-order valence-corrected chi connectivity index (χ4v) is 4.35. The van der Waals surface area contributed by atoms with Gasteiger partial charge in [0.2, 0.25) is 0 Å². The first-order valence-electron chi connectivity index (χ1n) is 10.5. The second-order valence-corrected chi connectivity index (χ2v) is 8.24. The number of carbonyl (C=O) groups is 3. The van der Waals surface area contributed by atoms with Crippen LogP contribution in [0.2, 0.25) is 0 Å². The van der Waals surface area contributed by atoms with Crippen molar-refractivity contribution in [3.05, 3.63) is 91.5 Å². The third-order valence-corrected chi connectivity index (χ3v) is 6.11. The van der Waals surface area contributed by atoms with Crippen LogP contribution in [0.1, 0.15) is 35.7 Å². The topological polar surface area (TPSA) is 144 Å². The maximum absolute atomic E-state index is 13.5. The molecule has 0 radical (unpaired) electrons. The van der Waals surface area contributed by atoms with Gasteiger partial charge in [0.05, 0.1) is 33.8 Å². The van der Waals surface area contributed by atoms with Crippen LogP contribution in [0.3, 0.4) is 0 Å². The van der Waals surface area contributed by atoms with Crippen molar-refractivity contribution in [1.82, 2.24) is 10.0 Å². The van der Waals surface area contributed by atoms with Crippen LogP contribution in [0.5, 0.6) is 0 Å². The zero-order valence-corrected chi connectivity index (χ0v) is 18.1. The summed E-state index contributed by atoms with van der Waals surface area (Å²) in [5.74, 6) is -3.11. The summed E-state index contributed by atoms with van der Waals surface area (Å²) < 4.78 is 0. The van der Waals surface area contributed by atoms with Gasteiger partial charge >= 0.3 is 0 Å². The standard InChI is InChI=1S/C23H20N4O7/c1-14-6-11-18-19(12-14)23(30)25(22(18)29)24(13-16-4-2-3-5-20(16)27(33)34)21(28)15-7-9-17(10-8-15)26(31)32/h2-10,18-19H,11-13H2,1H3/t18-,19+/m1/s1. The van der Waals surface area contributed by atoms with Crippen LogP contribution in [-0.4, -0.2) is 37.6 Å². The van der Waals surface area contributed by atoms with Gasteiger partial charge in [-0.2, -0.15) is 5.01 Å². The minimum absolute atomic E-state index is 0.00559. The number of carbonyl (C=O) groups excluding carboxylic acids is 3. The molecule has 0 spiro atoms. The summed E-state index contributed by atoms with van der Waals surface area (Å²) in [5.41, 5.74) is 0.596. The van der Waals surface area contributed by atoms with Gasteiger partial charge in [0.15, 0.2) is 0 Å². The van der Waals surface area contributed by atoms with E-state index in [1.807, 2.05) is 13.0 Å². The molecule has 1 aliphatic carbocycles. The number of non-ortho nitro benzene ring substituents is 1. The number of para-hydroxylation sites is 1. The van der Waals surface area contributed by atoms with E-state index in [4.69, 9.17) is 0 Å². The largest absolute Gasteiger partial charge is 0.274 e. The van der Waals surface area contributed by atoms with Gasteiger partial charge in [0.25, 0.3) is 29.1 Å². The molecule has 174 valence electrons. The van der Waals surface area contributed by atoms with Crippen LogP contribution < -0.4 is 0 Å². The van der Waals surface area contributed by atoms with E-state index in [2.05, 4.69) is 0 Å². The maximum atomic E-state index is 13.5. The molecule has 1 fully saturated rings. The van der Waals surface area contributed by atoms with Crippen molar-refractivity contribution < 1.29 is 24.2 Å². The molecule has 2 aliphatic rings. The van der Waals surface area contributed by atoms with E-state index in [0.29, 0.717) is 12.8 Å². The summed E-state index contributed by atoms with van der Waals surface area (Å²) in [6, 6.07) is 10.4. The molecule has 0 unspecified atom stereocenters. The third-order valence-electron chi connectivity index (χ3n) is 6.11. The number of hydrogen-bond donors (Lipinski definition) is 0. The highest BCUT2D eigenvalue weighted by Crippen LogP contribution is 2.39. The number of amides is 3. The summed E-state index contributed by atoms with van der Waals surface area (Å²) in [5, 5.41) is 24.2. The Hall–Kier alpha value is -4.41. The molecule has 3 amide bonds. The smallest absolute Gasteiger partial charge is 0.272 e. The van der Waals surface area contributed by atoms with E-state index < -0.39 is 45.9 Å². The second kappa shape index (κ2) is 8.85. The SMILES string of the molecule is CC1=CC[C@H]2C(=O)N(N(Cc3ccccc3[N+](=O)[O-])C(=O)c3ccc([N+](=O)[O-])cc3)C(=O)[C@H]2C1. The van der Waals surface area contributed by atoms with Crippen LogP contribution in [0.15, 0.2) is 60.2 Å². The molecule has 1 saturated heterocycles. The number of nitrogens with zero attached hydrogens (tertiary/aromatic N) is 4. The van der Waals surface area contributed by atoms with Gasteiger partial charge in [-0.15, -0.1) is 0 Å². The van der Waals surface area contributed by atoms with Gasteiger partial charge in [-0.05, 0) is 31.9 Å². The first-order valence-corrected chi connectivity index (χ1v) is 10.5. The Morgan fingerprint density at radius 1 is 1.00 bits per heavy atom. The Bertz CT molecular complexity index is 1240. The highest BCUT2D eigenvalue weighted by Gasteiger charge is 2.51. The van der Waals surface area contributed by atoms with Gasteiger partial charge in [-0.1, -0.05) is 29.8 Å². The zero-order chi connectivity index (χ0) is 24.6. The van der Waals surface area contributed by atoms with Gasteiger partial charge in [-0.25, -0.2) is 5.01 Å². The van der Waals surface area contributed by atoms with Crippen molar-refractivity contribution in [3.63, 3.8) is 0 Å². The summed E-state index contributed by atoms with van der Waals surface area (Å²) in [6.45, 7) is 1.46. The van der Waals surface area contributed by atoms with Crippen molar-refractivity contribution in [2.45, 2.75) is 26.3 Å². The van der Waals surface area contributed by atoms with Crippen LogP contribution in [0.25, 0.3) is 0 Å². The van der Waals surface area contributed by atoms with Crippen molar-refractivity contribution in [1.29, 1.82) is 0 Å². The molecule has 2 aromatic carbocycles. The lowest BCUT2D eigenvalue weighted by molar-refractivity contribution is -0.385. The molecule has 0 aromatic heterocycles. The monoisotopic (exact) mass is 464 g/mol. The fourth-order valence-electron chi connectivity index (χ4n) is 4.35. The first-order chi connectivity index (χ1) is 16.2. The Balaban J connectivity index is 1.75. The average molecular weight is 464 g/mol. The number of allylic oxidation sites excluding steroid dienone is 2. The normalized spacial score (nSPS) is 19.4. The maximum Gasteiger partial charge on any atom is 0.274 e. The molecule has 0 bridgehead atoms. The second-order valence-electron chi connectivity index (χ2n) is 8.24. The Labute approximate surface area is 193 Å². The number of nitro groups is 2. The molecule has 34 heavy (non-hydrogen) atoms. The molecule has 1 aliphatic heterocycles. The zero-order valence-electron chi connectivity index (χ0n) is 18.1. The predicted molar refractivity (Wildman–Crippen MR) is 118 cm³/mol. The molecular weight excluding hydrogens is 444 g/mol. The number of hydrogen-bond acceptors (Lipinski definition) is 7. The van der Waals surface area contributed by atoms with Crippen LogP contribution in [0, 0.1) is 32.1 Å². The van der Waals surface area contributed by atoms with Crippen molar-refractivity contribution in [2.24, 2.45) is 11.8 Å². The van der Waals surface area contributed by atoms with E-state index in [9.17, 15) is 34.6 Å². The molecule has 11 heteroatoms. The fraction of sp³-hybridized carbons (Fsp3) is 0.261. The van der Waals surface area contributed by atoms with E-state index in [1.165, 1.54) is 30.3 Å². The minimum Gasteiger partial charge on any atom is -0.272 e. The van der Waals surface area contributed by atoms with E-state index in [-0.39, 0.29) is 22.5 Å². The van der Waals surface area contributed by atoms with Crippen LogP contribution in [0.4, 0.5) is 11.4 Å². The summed E-state index contributed by atoms with van der Waals surface area (Å²) in [6.07, 6.45) is 2.64. The molecule has 0 saturated carbocycles. The molecule has 0 N–H and O–H groups in total. The Kier molecular flexibility index (Phi) is 5.93. The number of fused-ring (bicyclic) bond motifs is 1. The summed E-state index contributed by atoms with van der Waals surface area (Å²) >= 11 is 0. The van der Waals surface area contributed by atoms with Crippen molar-refractivity contribution in [2.75, 3.05) is 0 Å². The lowest BCUT2D eigenvalue weighted by Crippen LogP contribution is -2.49. The third kappa shape index (κ3) is 4.03. The van der Waals surface area contributed by atoms with Gasteiger partial charge < -0.3 is 0 Å². The van der Waals surface area contributed by atoms with Crippen molar-refractivity contribution >= 4 is 29.1 Å². The van der Waals surface area contributed by atoms with Gasteiger partial charge in [0.1, 0.15) is 0 Å². The Morgan fingerprint density at radius 2 is 1.65 bits per heavy atom. The van der Waals surface area contributed by atoms with Gasteiger partial charge in [0, 0.05) is 23.8 Å². The number of benzene rings is 2. The molecule has 1 heterocycles. The number of hydrazine groups is 1. The lowest BCUT2D eigenvalue weighted by Gasteiger charge is -2.30. The number of imide groups is 1. The molecule has 4 rings (SSSR count). The van der Waals surface area contributed by atoms with E-state index >= 15 is 0 Å². The van der Waals surface area contributed by atoms with Crippen LogP contribution >= 0.6 is 0 Å². The summed E-state index contributed by atoms with van der Waals surface area (Å²) in [4.78, 5) is 61.3. The lowest BCUT2D eigenvalue weighted by atomic mass is 9.82. The molecular formula is C23H20N4O7. The van der Waals surface area contributed by atoms with E-state index in [0.717, 1.165) is 27.7 Å². The highest BCUT2D eigenvalue weighted by atomic mass is 16.6. The number of nitro benzene ring substituents is 2. The van der Waals surface area contributed by atoms with Gasteiger partial charge in [-0.3, -0.25) is 34.6 Å². The average Bonchev–Trinajstić information content (AvgIpc) is 3.06. The Morgan fingerprint density at radius 3 is 2.29 bits per heavy atom. The molecule has 11 nitrogen and oxygen atoms in total. The highest BCUT2D eigenvalue weighted by molar-refractivity contribution is 6.08. The number of rotatable bonds is 6. The molecule has 2 atom stereocenters. The van der Waals surface area contributed by atoms with E-state index in [1.54, 1.807) is 6.07 Å². The predicted octanol–water partition coefficient (Wildman–Crippen LogP) is 3.40. The summed E-state index contributed by atoms with van der Waals surface area (Å²) in [7, 11) is 0. The first kappa shape index (κ1) is 22.8. The van der Waals surface area contributed by atoms with Crippen molar-refractivity contribution in [3.8, 4) is 0 Å². The molecule has 2 aromatic rings. The minimum atomic E-state index is -0.780. The van der Waals surface area contributed by atoms with Crippen LogP contribution in [-0.2, 0) is 16.1 Å².